The largest absolute Gasteiger partial charge is 0.339 e. The molecule has 3 N–H and O–H groups in total. The monoisotopic (exact) mass is 544 g/mol. The van der Waals surface area contributed by atoms with Crippen LogP contribution in [0, 0.1) is 0 Å². The number of nitrogens with zero attached hydrogens (tertiary/aromatic N) is 4. The lowest BCUT2D eigenvalue weighted by Crippen LogP contribution is -2.39. The van der Waals surface area contributed by atoms with Crippen LogP contribution >= 0.6 is 11.8 Å². The number of carbonyl (C=O) groups excluding carboxylic acids is 1. The lowest BCUT2D eigenvalue weighted by atomic mass is 9.96. The standard InChI is InChI=1S/C22H29N5OS.C9H11N/c23-8-3-4-9-24-15-19-22-18(7-10-25-19)17-5-1-2-6-20(17)27(22)16-21(28)26-11-13-29-14-12-26;1-2-6-9-8(4-1)5-3-7-10-9/h1-2,5-7,10,24H,3-4,8-9,11-16,23H2;3,5,7H,1-2,4,6H2. The zero-order valence-corrected chi connectivity index (χ0v) is 23.6. The van der Waals surface area contributed by atoms with Gasteiger partial charge in [0.15, 0.2) is 0 Å². The van der Waals surface area contributed by atoms with Crippen LogP contribution in [-0.2, 0) is 30.7 Å². The highest BCUT2D eigenvalue weighted by atomic mass is 32.2. The number of aromatic nitrogens is 3. The number of hydrogen-bond donors (Lipinski definition) is 2. The summed E-state index contributed by atoms with van der Waals surface area (Å²) in [6, 6.07) is 14.6. The Kier molecular flexibility index (Phi) is 9.86. The van der Waals surface area contributed by atoms with Gasteiger partial charge in [0.25, 0.3) is 0 Å². The Labute approximate surface area is 235 Å². The smallest absolute Gasteiger partial charge is 0.242 e. The normalized spacial score (nSPS) is 15.2. The Morgan fingerprint density at radius 1 is 0.949 bits per heavy atom. The predicted octanol–water partition coefficient (Wildman–Crippen LogP) is 4.55. The Balaban J connectivity index is 0.000000257. The molecule has 1 fully saturated rings. The number of fused-ring (bicyclic) bond motifs is 4. The van der Waals surface area contributed by atoms with Crippen molar-refractivity contribution >= 4 is 39.5 Å². The van der Waals surface area contributed by atoms with Crippen molar-refractivity contribution in [2.45, 2.75) is 51.6 Å². The molecule has 0 radical (unpaired) electrons. The Bertz CT molecular complexity index is 1360. The average molecular weight is 545 g/mol. The summed E-state index contributed by atoms with van der Waals surface area (Å²) >= 11 is 1.92. The first kappa shape index (κ1) is 27.6. The van der Waals surface area contributed by atoms with E-state index in [-0.39, 0.29) is 5.91 Å². The van der Waals surface area contributed by atoms with Gasteiger partial charge in [-0.15, -0.1) is 0 Å². The van der Waals surface area contributed by atoms with Gasteiger partial charge >= 0.3 is 0 Å². The van der Waals surface area contributed by atoms with Crippen LogP contribution in [0.4, 0.5) is 0 Å². The lowest BCUT2D eigenvalue weighted by Gasteiger charge is -2.27. The third kappa shape index (κ3) is 6.80. The zero-order chi connectivity index (χ0) is 26.9. The van der Waals surface area contributed by atoms with Crippen molar-refractivity contribution in [1.82, 2.24) is 24.8 Å². The van der Waals surface area contributed by atoms with Crippen molar-refractivity contribution < 1.29 is 4.79 Å². The number of para-hydroxylation sites is 1. The molecule has 39 heavy (non-hydrogen) atoms. The number of aryl methyl sites for hydroxylation is 2. The third-order valence-corrected chi connectivity index (χ3v) is 8.55. The second-order valence-corrected chi connectivity index (χ2v) is 11.5. The van der Waals surface area contributed by atoms with Gasteiger partial charge in [-0.3, -0.25) is 14.8 Å². The molecule has 7 nitrogen and oxygen atoms in total. The second kappa shape index (κ2) is 13.9. The Morgan fingerprint density at radius 2 is 1.79 bits per heavy atom. The van der Waals surface area contributed by atoms with E-state index >= 15 is 0 Å². The molecule has 1 amide bonds. The van der Waals surface area contributed by atoms with Crippen molar-refractivity contribution in [3.05, 3.63) is 71.8 Å². The maximum atomic E-state index is 13.0. The highest BCUT2D eigenvalue weighted by molar-refractivity contribution is 7.99. The van der Waals surface area contributed by atoms with Gasteiger partial charge in [0.1, 0.15) is 6.54 Å². The Morgan fingerprint density at radius 3 is 2.64 bits per heavy atom. The number of thioether (sulfide) groups is 1. The van der Waals surface area contributed by atoms with E-state index in [0.717, 1.165) is 72.6 Å². The number of rotatable bonds is 8. The van der Waals surface area contributed by atoms with Gasteiger partial charge in [-0.2, -0.15) is 11.8 Å². The molecule has 1 aromatic carbocycles. The molecule has 4 aromatic rings. The summed E-state index contributed by atoms with van der Waals surface area (Å²) in [5, 5.41) is 5.83. The molecule has 4 heterocycles. The molecule has 0 atom stereocenters. The summed E-state index contributed by atoms with van der Waals surface area (Å²) in [7, 11) is 0. The maximum Gasteiger partial charge on any atom is 0.242 e. The molecule has 206 valence electrons. The number of benzene rings is 1. The van der Waals surface area contributed by atoms with Crippen molar-refractivity contribution in [3.63, 3.8) is 0 Å². The SMILES string of the molecule is NCCCCNCc1nccc2c3ccccc3n(CC(=O)N3CCSCC3)c12.c1cnc2c(c1)CCCC2. The quantitative estimate of drug-likeness (QED) is 0.316. The van der Waals surface area contributed by atoms with Crippen LogP contribution in [0.3, 0.4) is 0 Å². The molecule has 0 bridgehead atoms. The number of nitrogens with one attached hydrogen (secondary N) is 1. The molecular weight excluding hydrogens is 504 g/mol. The minimum absolute atomic E-state index is 0.193. The fourth-order valence-corrected chi connectivity index (χ4v) is 6.45. The second-order valence-electron chi connectivity index (χ2n) is 10.2. The van der Waals surface area contributed by atoms with E-state index in [9.17, 15) is 4.79 Å². The summed E-state index contributed by atoms with van der Waals surface area (Å²) in [6.45, 7) is 4.37. The van der Waals surface area contributed by atoms with Gasteiger partial charge in [-0.1, -0.05) is 24.3 Å². The molecule has 0 unspecified atom stereocenters. The maximum absolute atomic E-state index is 13.0. The third-order valence-electron chi connectivity index (χ3n) is 7.61. The van der Waals surface area contributed by atoms with Crippen molar-refractivity contribution in [2.75, 3.05) is 37.7 Å². The number of hydrogen-bond acceptors (Lipinski definition) is 6. The van der Waals surface area contributed by atoms with Crippen LogP contribution in [0.2, 0.25) is 0 Å². The molecule has 3 aromatic heterocycles. The summed E-state index contributed by atoms with van der Waals surface area (Å²) in [5.41, 5.74) is 11.5. The summed E-state index contributed by atoms with van der Waals surface area (Å²) in [4.78, 5) is 24.0. The first-order chi connectivity index (χ1) is 19.3. The van der Waals surface area contributed by atoms with E-state index in [0.29, 0.717) is 13.1 Å². The number of unbranched alkanes of at least 4 members (excludes halogenated alkanes) is 1. The molecule has 0 saturated carbocycles. The number of amides is 1. The van der Waals surface area contributed by atoms with E-state index in [2.05, 4.69) is 50.2 Å². The van der Waals surface area contributed by atoms with Crippen LogP contribution in [0.15, 0.2) is 54.9 Å². The van der Waals surface area contributed by atoms with Gasteiger partial charge < -0.3 is 20.5 Å². The highest BCUT2D eigenvalue weighted by Gasteiger charge is 2.21. The molecule has 1 aliphatic heterocycles. The van der Waals surface area contributed by atoms with Crippen LogP contribution in [-0.4, -0.2) is 63.0 Å². The zero-order valence-electron chi connectivity index (χ0n) is 22.8. The number of carbonyl (C=O) groups is 1. The predicted molar refractivity (Wildman–Crippen MR) is 162 cm³/mol. The lowest BCUT2D eigenvalue weighted by molar-refractivity contribution is -0.131. The van der Waals surface area contributed by atoms with Gasteiger partial charge in [-0.25, -0.2) is 0 Å². The summed E-state index contributed by atoms with van der Waals surface area (Å²) < 4.78 is 2.17. The van der Waals surface area contributed by atoms with Crippen LogP contribution < -0.4 is 11.1 Å². The average Bonchev–Trinajstić information content (AvgIpc) is 3.32. The van der Waals surface area contributed by atoms with Gasteiger partial charge in [0.2, 0.25) is 5.91 Å². The summed E-state index contributed by atoms with van der Waals surface area (Å²) in [5.74, 6) is 2.25. The summed E-state index contributed by atoms with van der Waals surface area (Å²) in [6.07, 6.45) is 10.9. The fourth-order valence-electron chi connectivity index (χ4n) is 5.55. The topological polar surface area (TPSA) is 89.1 Å². The molecule has 1 saturated heterocycles. The Hall–Kier alpha value is -2.94. The van der Waals surface area contributed by atoms with Crippen LogP contribution in [0.1, 0.15) is 42.6 Å². The van der Waals surface area contributed by atoms with Gasteiger partial charge in [0.05, 0.1) is 11.2 Å². The van der Waals surface area contributed by atoms with E-state index in [4.69, 9.17) is 5.73 Å². The minimum Gasteiger partial charge on any atom is -0.339 e. The first-order valence-electron chi connectivity index (χ1n) is 14.3. The van der Waals surface area contributed by atoms with Gasteiger partial charge in [0, 0.05) is 65.5 Å². The molecule has 2 aliphatic rings. The molecule has 0 spiro atoms. The fraction of sp³-hybridized carbons (Fsp3) is 0.452. The van der Waals surface area contributed by atoms with E-state index < -0.39 is 0 Å². The highest BCUT2D eigenvalue weighted by Crippen LogP contribution is 2.30. The van der Waals surface area contributed by atoms with Crippen molar-refractivity contribution in [2.24, 2.45) is 5.73 Å². The van der Waals surface area contributed by atoms with Crippen LogP contribution in [0.5, 0.6) is 0 Å². The minimum atomic E-state index is 0.193. The van der Waals surface area contributed by atoms with E-state index in [1.54, 1.807) is 0 Å². The van der Waals surface area contributed by atoms with Crippen molar-refractivity contribution in [3.8, 4) is 0 Å². The van der Waals surface area contributed by atoms with E-state index in [1.807, 2.05) is 41.2 Å². The van der Waals surface area contributed by atoms with Gasteiger partial charge in [-0.05, 0) is 75.4 Å². The first-order valence-corrected chi connectivity index (χ1v) is 15.5. The number of nitrogens with two attached hydrogens (primary N) is 1. The molecule has 1 aliphatic carbocycles. The molecule has 8 heteroatoms. The molecule has 6 rings (SSSR count). The molecular formula is C31H40N6OS. The number of pyridine rings is 2. The van der Waals surface area contributed by atoms with Crippen molar-refractivity contribution in [1.29, 1.82) is 0 Å². The van der Waals surface area contributed by atoms with Crippen LogP contribution in [0.25, 0.3) is 21.8 Å². The van der Waals surface area contributed by atoms with E-state index in [1.165, 1.54) is 42.3 Å².